The zero-order valence-corrected chi connectivity index (χ0v) is 12.4. The van der Waals surface area contributed by atoms with Gasteiger partial charge in [0, 0.05) is 17.6 Å². The quantitative estimate of drug-likeness (QED) is 0.601. The molecule has 0 bridgehead atoms. The molecule has 0 spiro atoms. The molecule has 0 aliphatic heterocycles. The lowest BCUT2D eigenvalue weighted by Gasteiger charge is -2.12. The molecule has 1 rings (SSSR count). The summed E-state index contributed by atoms with van der Waals surface area (Å²) in [4.78, 5) is 0. The third kappa shape index (κ3) is 6.79. The van der Waals surface area contributed by atoms with E-state index in [-0.39, 0.29) is 6.61 Å². The summed E-state index contributed by atoms with van der Waals surface area (Å²) in [5, 5.41) is 12.9. The van der Waals surface area contributed by atoms with E-state index in [1.54, 1.807) is 0 Å². The number of aliphatic hydroxyl groups excluding tert-OH is 1. The fourth-order valence-electron chi connectivity index (χ4n) is 1.33. The van der Waals surface area contributed by atoms with Gasteiger partial charge in [-0.2, -0.15) is 0 Å². The highest BCUT2D eigenvalue weighted by Gasteiger charge is 2.04. The van der Waals surface area contributed by atoms with Crippen molar-refractivity contribution in [2.75, 3.05) is 19.7 Å². The van der Waals surface area contributed by atoms with Crippen LogP contribution in [0.2, 0.25) is 0 Å². The Morgan fingerprint density at radius 2 is 2.28 bits per heavy atom. The molecule has 0 aliphatic carbocycles. The molecule has 1 atom stereocenters. The summed E-state index contributed by atoms with van der Waals surface area (Å²) < 4.78 is 6.46. The summed E-state index contributed by atoms with van der Waals surface area (Å²) in [7, 11) is 0. The van der Waals surface area contributed by atoms with Crippen LogP contribution in [-0.4, -0.2) is 30.9 Å². The van der Waals surface area contributed by atoms with E-state index in [0.717, 1.165) is 16.8 Å². The number of rotatable bonds is 7. The highest BCUT2D eigenvalue weighted by atomic mass is 79.9. The van der Waals surface area contributed by atoms with Crippen LogP contribution in [0.5, 0.6) is 5.75 Å². The van der Waals surface area contributed by atoms with E-state index < -0.39 is 6.10 Å². The Morgan fingerprint density at radius 1 is 1.50 bits per heavy atom. The highest BCUT2D eigenvalue weighted by Crippen LogP contribution is 2.17. The summed E-state index contributed by atoms with van der Waals surface area (Å²) >= 11 is 3.37. The molecule has 4 heteroatoms. The van der Waals surface area contributed by atoms with Crippen molar-refractivity contribution >= 4 is 15.9 Å². The molecule has 1 aromatic rings. The summed E-state index contributed by atoms with van der Waals surface area (Å²) in [5.41, 5.74) is 1.27. The second-order valence-corrected chi connectivity index (χ2v) is 5.28. The number of halogens is 1. The van der Waals surface area contributed by atoms with E-state index in [1.807, 2.05) is 24.3 Å². The second-order valence-electron chi connectivity index (χ2n) is 4.36. The van der Waals surface area contributed by atoms with E-state index in [0.29, 0.717) is 6.54 Å². The van der Waals surface area contributed by atoms with Gasteiger partial charge in [0.25, 0.3) is 0 Å². The lowest BCUT2D eigenvalue weighted by atomic mass is 10.3. The van der Waals surface area contributed by atoms with Crippen LogP contribution in [0.3, 0.4) is 0 Å². The predicted octanol–water partition coefficient (Wildman–Crippen LogP) is 2.74. The van der Waals surface area contributed by atoms with E-state index in [9.17, 15) is 5.11 Å². The first-order valence-corrected chi connectivity index (χ1v) is 6.77. The molecule has 3 nitrogen and oxygen atoms in total. The summed E-state index contributed by atoms with van der Waals surface area (Å²) in [5.74, 6) is 0.757. The predicted molar refractivity (Wildman–Crippen MR) is 77.9 cm³/mol. The average Bonchev–Trinajstić information content (AvgIpc) is 2.32. The Labute approximate surface area is 117 Å². The van der Waals surface area contributed by atoms with Crippen LogP contribution in [0.4, 0.5) is 0 Å². The second kappa shape index (κ2) is 8.29. The highest BCUT2D eigenvalue weighted by molar-refractivity contribution is 9.10. The van der Waals surface area contributed by atoms with Gasteiger partial charge in [-0.15, -0.1) is 0 Å². The topological polar surface area (TPSA) is 41.5 Å². The minimum atomic E-state index is -0.505. The van der Waals surface area contributed by atoms with Crippen molar-refractivity contribution < 1.29 is 9.84 Å². The van der Waals surface area contributed by atoms with Crippen LogP contribution in [0.15, 0.2) is 40.4 Å². The minimum absolute atomic E-state index is 0.290. The lowest BCUT2D eigenvalue weighted by molar-refractivity contribution is 0.107. The van der Waals surface area contributed by atoms with Crippen molar-refractivity contribution in [2.24, 2.45) is 0 Å². The van der Waals surface area contributed by atoms with Crippen LogP contribution in [0, 0.1) is 0 Å². The third-order valence-electron chi connectivity index (χ3n) is 2.27. The van der Waals surface area contributed by atoms with Gasteiger partial charge in [-0.1, -0.05) is 33.6 Å². The third-order valence-corrected chi connectivity index (χ3v) is 2.77. The van der Waals surface area contributed by atoms with Gasteiger partial charge < -0.3 is 15.2 Å². The summed E-state index contributed by atoms with van der Waals surface area (Å²) in [6.07, 6.45) is 1.58. The number of hydrogen-bond donors (Lipinski definition) is 2. The van der Waals surface area contributed by atoms with Gasteiger partial charge >= 0.3 is 0 Å². The van der Waals surface area contributed by atoms with Gasteiger partial charge in [0.1, 0.15) is 18.5 Å². The molecule has 2 N–H and O–H groups in total. The van der Waals surface area contributed by atoms with Gasteiger partial charge in [-0.3, -0.25) is 0 Å². The molecule has 0 saturated heterocycles. The molecule has 0 aromatic heterocycles. The van der Waals surface area contributed by atoms with Crippen molar-refractivity contribution in [2.45, 2.75) is 20.0 Å². The summed E-state index contributed by atoms with van der Waals surface area (Å²) in [6.45, 7) is 5.69. The number of hydrogen-bond acceptors (Lipinski definition) is 3. The minimum Gasteiger partial charge on any atom is -0.491 e. The van der Waals surface area contributed by atoms with Gasteiger partial charge in [0.05, 0.1) is 0 Å². The number of nitrogens with one attached hydrogen (secondary N) is 1. The number of allylic oxidation sites excluding steroid dienone is 1. The Balaban J connectivity index is 2.21. The molecular weight excluding hydrogens is 294 g/mol. The van der Waals surface area contributed by atoms with Crippen molar-refractivity contribution in [1.29, 1.82) is 0 Å². The van der Waals surface area contributed by atoms with Crippen LogP contribution < -0.4 is 10.1 Å². The van der Waals surface area contributed by atoms with Crippen LogP contribution in [0.25, 0.3) is 0 Å². The van der Waals surface area contributed by atoms with Crippen LogP contribution >= 0.6 is 15.9 Å². The molecular formula is C14H20BrNO2. The lowest BCUT2D eigenvalue weighted by Crippen LogP contribution is -2.31. The largest absolute Gasteiger partial charge is 0.491 e. The number of aliphatic hydroxyl groups is 1. The monoisotopic (exact) mass is 313 g/mol. The maximum absolute atomic E-state index is 9.73. The first-order valence-electron chi connectivity index (χ1n) is 5.98. The van der Waals surface area contributed by atoms with Gasteiger partial charge in [0.2, 0.25) is 0 Å². The zero-order chi connectivity index (χ0) is 13.4. The first-order chi connectivity index (χ1) is 8.58. The van der Waals surface area contributed by atoms with E-state index in [2.05, 4.69) is 41.2 Å². The summed E-state index contributed by atoms with van der Waals surface area (Å²) in [6, 6.07) is 7.58. The van der Waals surface area contributed by atoms with Crippen molar-refractivity contribution in [3.05, 3.63) is 40.4 Å². The average molecular weight is 314 g/mol. The molecule has 0 fully saturated rings. The van der Waals surface area contributed by atoms with E-state index in [4.69, 9.17) is 4.74 Å². The van der Waals surface area contributed by atoms with Crippen molar-refractivity contribution in [3.63, 3.8) is 0 Å². The number of benzene rings is 1. The molecule has 1 aromatic carbocycles. The maximum Gasteiger partial charge on any atom is 0.120 e. The molecule has 0 radical (unpaired) electrons. The normalized spacial score (nSPS) is 12.0. The Kier molecular flexibility index (Phi) is 7.01. The smallest absolute Gasteiger partial charge is 0.120 e. The molecule has 1 unspecified atom stereocenters. The van der Waals surface area contributed by atoms with Crippen molar-refractivity contribution in [3.8, 4) is 5.75 Å². The SMILES string of the molecule is CC(C)=CCNCC(O)COc1cccc(Br)c1. The van der Waals surface area contributed by atoms with Gasteiger partial charge in [-0.25, -0.2) is 0 Å². The molecule has 0 heterocycles. The van der Waals surface area contributed by atoms with E-state index in [1.165, 1.54) is 5.57 Å². The van der Waals surface area contributed by atoms with Crippen LogP contribution in [0.1, 0.15) is 13.8 Å². The van der Waals surface area contributed by atoms with Crippen LogP contribution in [-0.2, 0) is 0 Å². The standard InChI is InChI=1S/C14H20BrNO2/c1-11(2)6-7-16-9-13(17)10-18-14-5-3-4-12(15)8-14/h3-6,8,13,16-17H,7,9-10H2,1-2H3. The molecule has 0 aliphatic rings. The molecule has 0 amide bonds. The van der Waals surface area contributed by atoms with Gasteiger partial charge in [0.15, 0.2) is 0 Å². The fraction of sp³-hybridized carbons (Fsp3) is 0.429. The zero-order valence-electron chi connectivity index (χ0n) is 10.8. The first kappa shape index (κ1) is 15.2. The Bertz CT molecular complexity index is 389. The molecule has 100 valence electrons. The molecule has 0 saturated carbocycles. The van der Waals surface area contributed by atoms with Gasteiger partial charge in [-0.05, 0) is 32.0 Å². The maximum atomic E-state index is 9.73. The Morgan fingerprint density at radius 3 is 2.94 bits per heavy atom. The van der Waals surface area contributed by atoms with E-state index >= 15 is 0 Å². The van der Waals surface area contributed by atoms with Crippen molar-refractivity contribution in [1.82, 2.24) is 5.32 Å². The Hall–Kier alpha value is -0.840. The number of ether oxygens (including phenoxy) is 1. The fourth-order valence-corrected chi connectivity index (χ4v) is 1.71. The molecule has 18 heavy (non-hydrogen) atoms.